The topological polar surface area (TPSA) is 49.8 Å². The molecule has 0 heterocycles. The number of likely N-dealkylation sites (N-methyl/N-ethyl adjacent to an activating group) is 1. The van der Waals surface area contributed by atoms with Crippen molar-refractivity contribution in [2.24, 2.45) is 0 Å². The van der Waals surface area contributed by atoms with Crippen molar-refractivity contribution in [3.63, 3.8) is 0 Å². The van der Waals surface area contributed by atoms with Gasteiger partial charge in [0.05, 0.1) is 12.2 Å². The molecule has 0 saturated heterocycles. The van der Waals surface area contributed by atoms with Crippen molar-refractivity contribution >= 4 is 21.9 Å². The highest BCUT2D eigenvalue weighted by Gasteiger charge is 2.12. The second-order valence-electron chi connectivity index (χ2n) is 4.33. The van der Waals surface area contributed by atoms with Crippen LogP contribution in [0.4, 0.5) is 0 Å². The maximum atomic E-state index is 10.8. The van der Waals surface area contributed by atoms with Crippen LogP contribution in [0.2, 0.25) is 0 Å². The van der Waals surface area contributed by atoms with Gasteiger partial charge in [0.1, 0.15) is 0 Å². The number of ether oxygens (including phenoxy) is 1. The van der Waals surface area contributed by atoms with E-state index in [-0.39, 0.29) is 0 Å². The molecule has 1 N–H and O–H groups in total. The molecule has 1 rings (SSSR count). The van der Waals surface area contributed by atoms with E-state index in [0.717, 1.165) is 16.6 Å². The van der Waals surface area contributed by atoms with Gasteiger partial charge in [-0.1, -0.05) is 22.0 Å². The van der Waals surface area contributed by atoms with E-state index in [9.17, 15) is 4.79 Å². The van der Waals surface area contributed by atoms with Crippen molar-refractivity contribution in [2.75, 3.05) is 20.8 Å². The Morgan fingerprint density at radius 2 is 2.22 bits per heavy atom. The minimum absolute atomic E-state index is 0.290. The van der Waals surface area contributed by atoms with Crippen LogP contribution >= 0.6 is 15.9 Å². The summed E-state index contributed by atoms with van der Waals surface area (Å²) in [7, 11) is 3.70. The predicted octanol–water partition coefficient (Wildman–Crippen LogP) is 2.61. The number of hydrogen-bond acceptors (Lipinski definition) is 3. The Kier molecular flexibility index (Phi) is 5.78. The Morgan fingerprint density at radius 1 is 1.56 bits per heavy atom. The van der Waals surface area contributed by atoms with Gasteiger partial charge >= 0.3 is 5.97 Å². The quantitative estimate of drug-likeness (QED) is 0.876. The van der Waals surface area contributed by atoms with Gasteiger partial charge in [-0.3, -0.25) is 4.90 Å². The lowest BCUT2D eigenvalue weighted by molar-refractivity contribution is 0.0696. The number of halogens is 1. The van der Waals surface area contributed by atoms with Crippen LogP contribution in [0.25, 0.3) is 0 Å². The second kappa shape index (κ2) is 6.87. The van der Waals surface area contributed by atoms with Gasteiger partial charge < -0.3 is 9.84 Å². The van der Waals surface area contributed by atoms with Crippen LogP contribution in [0.15, 0.2) is 22.7 Å². The summed E-state index contributed by atoms with van der Waals surface area (Å²) in [5, 5.41) is 8.89. The number of hydrogen-bond donors (Lipinski definition) is 1. The SMILES string of the molecule is COCC(C)N(C)Cc1ccc(C(=O)O)cc1Br. The summed E-state index contributed by atoms with van der Waals surface area (Å²) in [5.41, 5.74) is 1.35. The first-order chi connectivity index (χ1) is 8.45. The summed E-state index contributed by atoms with van der Waals surface area (Å²) in [4.78, 5) is 13.0. The Bertz CT molecular complexity index is 423. The van der Waals surface area contributed by atoms with Gasteiger partial charge in [-0.2, -0.15) is 0 Å². The van der Waals surface area contributed by atoms with E-state index in [1.165, 1.54) is 0 Å². The van der Waals surface area contributed by atoms with Gasteiger partial charge in [-0.15, -0.1) is 0 Å². The fourth-order valence-electron chi connectivity index (χ4n) is 1.60. The lowest BCUT2D eigenvalue weighted by Crippen LogP contribution is -2.32. The molecule has 1 atom stereocenters. The molecule has 0 aliphatic heterocycles. The maximum Gasteiger partial charge on any atom is 0.335 e. The highest BCUT2D eigenvalue weighted by molar-refractivity contribution is 9.10. The first-order valence-corrected chi connectivity index (χ1v) is 6.46. The van der Waals surface area contributed by atoms with Crippen LogP contribution in [-0.2, 0) is 11.3 Å². The van der Waals surface area contributed by atoms with Crippen LogP contribution in [0.3, 0.4) is 0 Å². The molecule has 0 radical (unpaired) electrons. The second-order valence-corrected chi connectivity index (χ2v) is 5.19. The summed E-state index contributed by atoms with van der Waals surface area (Å²) in [6.45, 7) is 3.50. The van der Waals surface area contributed by atoms with Gasteiger partial charge in [-0.25, -0.2) is 4.79 Å². The predicted molar refractivity (Wildman–Crippen MR) is 73.9 cm³/mol. The van der Waals surface area contributed by atoms with Crippen LogP contribution < -0.4 is 0 Å². The third kappa shape index (κ3) is 4.08. The fraction of sp³-hybridized carbons (Fsp3) is 0.462. The summed E-state index contributed by atoms with van der Waals surface area (Å²) in [5.74, 6) is -0.914. The van der Waals surface area contributed by atoms with E-state index >= 15 is 0 Å². The van der Waals surface area contributed by atoms with E-state index in [1.807, 2.05) is 13.1 Å². The molecule has 1 aromatic carbocycles. The molecule has 0 bridgehead atoms. The van der Waals surface area contributed by atoms with Crippen LogP contribution in [0.5, 0.6) is 0 Å². The van der Waals surface area contributed by atoms with E-state index in [4.69, 9.17) is 9.84 Å². The monoisotopic (exact) mass is 315 g/mol. The molecule has 1 unspecified atom stereocenters. The van der Waals surface area contributed by atoms with Crippen LogP contribution in [0.1, 0.15) is 22.8 Å². The molecular formula is C13H18BrNO3. The Labute approximate surface area is 116 Å². The normalized spacial score (nSPS) is 12.7. The van der Waals surface area contributed by atoms with E-state index in [2.05, 4.69) is 27.8 Å². The lowest BCUT2D eigenvalue weighted by Gasteiger charge is -2.24. The van der Waals surface area contributed by atoms with Gasteiger partial charge in [0.25, 0.3) is 0 Å². The molecule has 0 fully saturated rings. The number of rotatable bonds is 6. The lowest BCUT2D eigenvalue weighted by atomic mass is 10.1. The van der Waals surface area contributed by atoms with Crippen molar-refractivity contribution in [1.29, 1.82) is 0 Å². The Balaban J connectivity index is 2.76. The first kappa shape index (κ1) is 15.1. The zero-order valence-corrected chi connectivity index (χ0v) is 12.4. The molecule has 0 aliphatic carbocycles. The van der Waals surface area contributed by atoms with Crippen molar-refractivity contribution in [3.8, 4) is 0 Å². The number of carboxylic acids is 1. The summed E-state index contributed by atoms with van der Waals surface area (Å²) in [6, 6.07) is 5.40. The largest absolute Gasteiger partial charge is 0.478 e. The van der Waals surface area contributed by atoms with Gasteiger partial charge in [-0.05, 0) is 31.7 Å². The standard InChI is InChI=1S/C13H18BrNO3/c1-9(8-18-3)15(2)7-11-5-4-10(13(16)17)6-12(11)14/h4-6,9H,7-8H2,1-3H3,(H,16,17). The third-order valence-corrected chi connectivity index (χ3v) is 3.62. The van der Waals surface area contributed by atoms with Crippen molar-refractivity contribution in [3.05, 3.63) is 33.8 Å². The molecule has 0 aliphatic rings. The van der Waals surface area contributed by atoms with Crippen molar-refractivity contribution < 1.29 is 14.6 Å². The summed E-state index contributed by atoms with van der Waals surface area (Å²) in [6.07, 6.45) is 0. The molecule has 4 nitrogen and oxygen atoms in total. The number of carboxylic acid groups (broad SMARTS) is 1. The average molecular weight is 316 g/mol. The zero-order valence-electron chi connectivity index (χ0n) is 10.8. The van der Waals surface area contributed by atoms with E-state index < -0.39 is 5.97 Å². The number of benzene rings is 1. The molecule has 0 aromatic heterocycles. The van der Waals surface area contributed by atoms with E-state index in [0.29, 0.717) is 18.2 Å². The molecule has 0 saturated carbocycles. The van der Waals surface area contributed by atoms with Crippen LogP contribution in [-0.4, -0.2) is 42.8 Å². The maximum absolute atomic E-state index is 10.8. The Morgan fingerprint density at radius 3 is 2.72 bits per heavy atom. The number of nitrogens with zero attached hydrogens (tertiary/aromatic N) is 1. The van der Waals surface area contributed by atoms with Crippen molar-refractivity contribution in [1.82, 2.24) is 4.90 Å². The molecule has 1 aromatic rings. The zero-order chi connectivity index (χ0) is 13.7. The van der Waals surface area contributed by atoms with Gasteiger partial charge in [0.2, 0.25) is 0 Å². The highest BCUT2D eigenvalue weighted by Crippen LogP contribution is 2.20. The highest BCUT2D eigenvalue weighted by atomic mass is 79.9. The number of carbonyl (C=O) groups is 1. The van der Waals surface area contributed by atoms with E-state index in [1.54, 1.807) is 19.2 Å². The summed E-state index contributed by atoms with van der Waals surface area (Å²) < 4.78 is 5.93. The minimum Gasteiger partial charge on any atom is -0.478 e. The van der Waals surface area contributed by atoms with Crippen LogP contribution in [0, 0.1) is 0 Å². The van der Waals surface area contributed by atoms with Gasteiger partial charge in [0.15, 0.2) is 0 Å². The molecular weight excluding hydrogens is 298 g/mol. The smallest absolute Gasteiger partial charge is 0.335 e. The first-order valence-electron chi connectivity index (χ1n) is 5.66. The molecule has 0 spiro atoms. The minimum atomic E-state index is -0.914. The number of methoxy groups -OCH3 is 1. The van der Waals surface area contributed by atoms with Gasteiger partial charge in [0, 0.05) is 24.2 Å². The number of aromatic carboxylic acids is 1. The molecule has 18 heavy (non-hydrogen) atoms. The average Bonchev–Trinajstić information content (AvgIpc) is 2.31. The summed E-state index contributed by atoms with van der Waals surface area (Å²) >= 11 is 3.41. The van der Waals surface area contributed by atoms with Crippen molar-refractivity contribution in [2.45, 2.75) is 19.5 Å². The Hall–Kier alpha value is -0.910. The molecule has 5 heteroatoms. The third-order valence-electron chi connectivity index (χ3n) is 2.88. The molecule has 100 valence electrons. The fourth-order valence-corrected chi connectivity index (χ4v) is 2.11. The molecule has 0 amide bonds.